The van der Waals surface area contributed by atoms with Crippen LogP contribution in [0.4, 0.5) is 5.69 Å². The Bertz CT molecular complexity index is 529. The smallest absolute Gasteiger partial charge is 0.256 e. The molecule has 2 fully saturated rings. The van der Waals surface area contributed by atoms with Crippen LogP contribution in [0.15, 0.2) is 18.2 Å². The first kappa shape index (κ1) is 13.7. The van der Waals surface area contributed by atoms with E-state index < -0.39 is 5.79 Å². The molecule has 5 nitrogen and oxygen atoms in total. The van der Waals surface area contributed by atoms with E-state index in [0.717, 1.165) is 12.8 Å². The fraction of sp³-hybridized carbons (Fsp3) is 0.500. The van der Waals surface area contributed by atoms with Crippen molar-refractivity contribution in [2.45, 2.75) is 18.6 Å². The van der Waals surface area contributed by atoms with E-state index in [0.29, 0.717) is 42.6 Å². The van der Waals surface area contributed by atoms with E-state index in [1.807, 2.05) is 0 Å². The van der Waals surface area contributed by atoms with Gasteiger partial charge in [0.25, 0.3) is 5.91 Å². The van der Waals surface area contributed by atoms with Crippen molar-refractivity contribution in [1.29, 1.82) is 0 Å². The summed E-state index contributed by atoms with van der Waals surface area (Å²) in [5.41, 5.74) is 6.75. The van der Waals surface area contributed by atoms with Crippen molar-refractivity contribution in [3.63, 3.8) is 0 Å². The van der Waals surface area contributed by atoms with Gasteiger partial charge in [0.2, 0.25) is 0 Å². The fourth-order valence-corrected chi connectivity index (χ4v) is 2.97. The van der Waals surface area contributed by atoms with Gasteiger partial charge in [-0.05, 0) is 24.6 Å². The van der Waals surface area contributed by atoms with Gasteiger partial charge in [0.15, 0.2) is 5.79 Å². The van der Waals surface area contributed by atoms with Crippen LogP contribution in [0.5, 0.6) is 0 Å². The normalized spacial score (nSPS) is 21.4. The molecule has 0 unspecified atom stereocenters. The molecule has 0 aliphatic carbocycles. The first-order valence-corrected chi connectivity index (χ1v) is 7.10. The third-order valence-corrected chi connectivity index (χ3v) is 4.00. The number of carbonyl (C=O) groups excluding carboxylic acids is 1. The Labute approximate surface area is 122 Å². The molecular weight excluding hydrogens is 280 g/mol. The molecule has 1 aromatic carbocycles. The number of halogens is 1. The number of hydrogen-bond acceptors (Lipinski definition) is 4. The summed E-state index contributed by atoms with van der Waals surface area (Å²) in [6, 6.07) is 4.93. The number of nitrogens with zero attached hydrogens (tertiary/aromatic N) is 1. The molecule has 0 radical (unpaired) electrons. The summed E-state index contributed by atoms with van der Waals surface area (Å²) < 4.78 is 11.4. The van der Waals surface area contributed by atoms with Gasteiger partial charge >= 0.3 is 0 Å². The number of likely N-dealkylation sites (tertiary alicyclic amines) is 1. The Morgan fingerprint density at radius 3 is 2.80 bits per heavy atom. The molecule has 20 heavy (non-hydrogen) atoms. The van der Waals surface area contributed by atoms with Crippen molar-refractivity contribution >= 4 is 23.2 Å². The van der Waals surface area contributed by atoms with Gasteiger partial charge in [-0.15, -0.1) is 0 Å². The van der Waals surface area contributed by atoms with E-state index in [1.54, 1.807) is 23.1 Å². The summed E-state index contributed by atoms with van der Waals surface area (Å²) in [6.45, 7) is 2.32. The highest BCUT2D eigenvalue weighted by molar-refractivity contribution is 6.31. The maximum Gasteiger partial charge on any atom is 0.256 e. The lowest BCUT2D eigenvalue weighted by molar-refractivity contribution is -0.183. The summed E-state index contributed by atoms with van der Waals surface area (Å²) in [5.74, 6) is -0.716. The second kappa shape index (κ2) is 5.24. The topological polar surface area (TPSA) is 64.8 Å². The first-order valence-electron chi connectivity index (χ1n) is 6.72. The molecule has 1 amide bonds. The molecule has 2 aliphatic heterocycles. The van der Waals surface area contributed by atoms with Crippen molar-refractivity contribution in [2.24, 2.45) is 0 Å². The molecule has 3 rings (SSSR count). The summed E-state index contributed by atoms with van der Waals surface area (Å²) in [4.78, 5) is 14.3. The lowest BCUT2D eigenvalue weighted by Crippen LogP contribution is -2.51. The molecule has 1 spiro atoms. The zero-order chi connectivity index (χ0) is 14.2. The number of carbonyl (C=O) groups is 1. The van der Waals surface area contributed by atoms with Crippen LogP contribution in [-0.2, 0) is 9.47 Å². The van der Waals surface area contributed by atoms with Crippen LogP contribution in [0.25, 0.3) is 0 Å². The predicted octanol–water partition coefficient (Wildman–Crippen LogP) is 1.90. The third kappa shape index (κ3) is 2.49. The standard InChI is InChI=1S/C14H17ClN2O3/c15-10-2-3-11(12(16)8-10)13(18)17-5-1-4-14(9-17)19-6-7-20-14/h2-3,8H,1,4-7,9,16H2. The zero-order valence-electron chi connectivity index (χ0n) is 11.1. The van der Waals surface area contributed by atoms with Gasteiger partial charge < -0.3 is 20.1 Å². The Morgan fingerprint density at radius 1 is 1.35 bits per heavy atom. The molecule has 0 bridgehead atoms. The van der Waals surface area contributed by atoms with Crippen LogP contribution >= 0.6 is 11.6 Å². The minimum atomic E-state index is -0.616. The Morgan fingerprint density at radius 2 is 2.10 bits per heavy atom. The van der Waals surface area contributed by atoms with Gasteiger partial charge in [-0.1, -0.05) is 11.6 Å². The van der Waals surface area contributed by atoms with Crippen molar-refractivity contribution in [3.05, 3.63) is 28.8 Å². The predicted molar refractivity (Wildman–Crippen MR) is 75.6 cm³/mol. The molecular formula is C14H17ClN2O3. The Balaban J connectivity index is 1.79. The van der Waals surface area contributed by atoms with Gasteiger partial charge in [-0.2, -0.15) is 0 Å². The number of benzene rings is 1. The molecule has 2 saturated heterocycles. The minimum Gasteiger partial charge on any atom is -0.398 e. The second-order valence-corrected chi connectivity index (χ2v) is 5.61. The van der Waals surface area contributed by atoms with Gasteiger partial charge in [0, 0.05) is 23.7 Å². The lowest BCUT2D eigenvalue weighted by Gasteiger charge is -2.38. The highest BCUT2D eigenvalue weighted by atomic mass is 35.5. The fourth-order valence-electron chi connectivity index (χ4n) is 2.79. The molecule has 2 heterocycles. The van der Waals surface area contributed by atoms with Crippen LogP contribution in [-0.4, -0.2) is 42.9 Å². The second-order valence-electron chi connectivity index (χ2n) is 5.17. The zero-order valence-corrected chi connectivity index (χ0v) is 11.9. The summed E-state index contributed by atoms with van der Waals surface area (Å²) in [7, 11) is 0. The van der Waals surface area contributed by atoms with Crippen LogP contribution in [0.2, 0.25) is 5.02 Å². The molecule has 6 heteroatoms. The minimum absolute atomic E-state index is 0.0997. The molecule has 1 aromatic rings. The molecule has 0 atom stereocenters. The van der Waals surface area contributed by atoms with Crippen LogP contribution < -0.4 is 5.73 Å². The molecule has 108 valence electrons. The largest absolute Gasteiger partial charge is 0.398 e. The summed E-state index contributed by atoms with van der Waals surface area (Å²) in [5, 5.41) is 0.525. The van der Waals surface area contributed by atoms with Crippen LogP contribution in [0.1, 0.15) is 23.2 Å². The number of piperidine rings is 1. The number of ether oxygens (including phenoxy) is 2. The van der Waals surface area contributed by atoms with Crippen molar-refractivity contribution < 1.29 is 14.3 Å². The van der Waals surface area contributed by atoms with E-state index in [9.17, 15) is 4.79 Å². The van der Waals surface area contributed by atoms with Gasteiger partial charge in [0.05, 0.1) is 25.3 Å². The van der Waals surface area contributed by atoms with E-state index in [4.69, 9.17) is 26.8 Å². The molecule has 0 aromatic heterocycles. The molecule has 2 aliphatic rings. The highest BCUT2D eigenvalue weighted by Crippen LogP contribution is 2.31. The highest BCUT2D eigenvalue weighted by Gasteiger charge is 2.42. The number of hydrogen-bond donors (Lipinski definition) is 1. The van der Waals surface area contributed by atoms with Gasteiger partial charge in [0.1, 0.15) is 0 Å². The average Bonchev–Trinajstić information content (AvgIpc) is 2.86. The van der Waals surface area contributed by atoms with Crippen LogP contribution in [0.3, 0.4) is 0 Å². The summed E-state index contributed by atoms with van der Waals surface area (Å²) >= 11 is 5.86. The average molecular weight is 297 g/mol. The van der Waals surface area contributed by atoms with E-state index in [-0.39, 0.29) is 5.91 Å². The number of nitrogens with two attached hydrogens (primary N) is 1. The van der Waals surface area contributed by atoms with Crippen LogP contribution in [0, 0.1) is 0 Å². The number of anilines is 1. The number of amides is 1. The first-order chi connectivity index (χ1) is 9.60. The third-order valence-electron chi connectivity index (χ3n) is 3.76. The van der Waals surface area contributed by atoms with E-state index in [2.05, 4.69) is 0 Å². The van der Waals surface area contributed by atoms with Crippen molar-refractivity contribution in [2.75, 3.05) is 32.0 Å². The van der Waals surface area contributed by atoms with Crippen molar-refractivity contribution in [1.82, 2.24) is 4.90 Å². The van der Waals surface area contributed by atoms with Gasteiger partial charge in [-0.25, -0.2) is 0 Å². The number of nitrogen functional groups attached to an aromatic ring is 1. The van der Waals surface area contributed by atoms with Gasteiger partial charge in [-0.3, -0.25) is 4.79 Å². The SMILES string of the molecule is Nc1cc(Cl)ccc1C(=O)N1CCCC2(C1)OCCO2. The molecule has 2 N–H and O–H groups in total. The summed E-state index contributed by atoms with van der Waals surface area (Å²) in [6.07, 6.45) is 1.69. The lowest BCUT2D eigenvalue weighted by atomic mass is 10.0. The van der Waals surface area contributed by atoms with E-state index in [1.165, 1.54) is 0 Å². The van der Waals surface area contributed by atoms with Crippen molar-refractivity contribution in [3.8, 4) is 0 Å². The monoisotopic (exact) mass is 296 g/mol. The maximum atomic E-state index is 12.6. The quantitative estimate of drug-likeness (QED) is 0.804. The molecule has 0 saturated carbocycles. The number of rotatable bonds is 1. The maximum absolute atomic E-state index is 12.6. The Kier molecular flexibility index (Phi) is 3.58. The Hall–Kier alpha value is -1.30. The van der Waals surface area contributed by atoms with E-state index >= 15 is 0 Å².